The molecule has 24 heavy (non-hydrogen) atoms. The molecule has 2 aromatic heterocycles. The largest absolute Gasteiger partial charge is 0.453 e. The predicted octanol–water partition coefficient (Wildman–Crippen LogP) is 5.42. The van der Waals surface area contributed by atoms with Crippen molar-refractivity contribution in [3.63, 3.8) is 0 Å². The van der Waals surface area contributed by atoms with Crippen LogP contribution in [0.25, 0.3) is 11.0 Å². The van der Waals surface area contributed by atoms with Gasteiger partial charge in [-0.2, -0.15) is 0 Å². The van der Waals surface area contributed by atoms with Crippen molar-refractivity contribution in [2.24, 2.45) is 5.92 Å². The quantitative estimate of drug-likeness (QED) is 0.630. The van der Waals surface area contributed by atoms with Gasteiger partial charge in [0, 0.05) is 33.4 Å². The summed E-state index contributed by atoms with van der Waals surface area (Å²) in [6.45, 7) is 3.91. The zero-order valence-electron chi connectivity index (χ0n) is 13.2. The van der Waals surface area contributed by atoms with Crippen molar-refractivity contribution in [2.45, 2.75) is 20.0 Å². The molecule has 3 rings (SSSR count). The first-order valence-corrected chi connectivity index (χ1v) is 8.31. The van der Waals surface area contributed by atoms with E-state index in [1.165, 1.54) is 0 Å². The second-order valence-electron chi connectivity index (χ2n) is 5.80. The van der Waals surface area contributed by atoms with Gasteiger partial charge in [0.1, 0.15) is 11.8 Å². The van der Waals surface area contributed by atoms with Crippen molar-refractivity contribution in [3.05, 3.63) is 63.9 Å². The number of hydrogen-bond acceptors (Lipinski definition) is 3. The molecule has 1 N–H and O–H groups in total. The number of nitrogens with one attached hydrogen (secondary N) is 1. The highest BCUT2D eigenvalue weighted by molar-refractivity contribution is 6.36. The number of benzene rings is 1. The Morgan fingerprint density at radius 3 is 2.54 bits per heavy atom. The highest BCUT2D eigenvalue weighted by Gasteiger charge is 2.26. The topological polar surface area (TPSA) is 55.0 Å². The summed E-state index contributed by atoms with van der Waals surface area (Å²) in [6, 6.07) is 8.68. The number of rotatable bonds is 4. The molecule has 0 saturated heterocycles. The van der Waals surface area contributed by atoms with Gasteiger partial charge in [-0.3, -0.25) is 0 Å². The Labute approximate surface area is 149 Å². The van der Waals surface area contributed by atoms with Gasteiger partial charge in [0.05, 0.1) is 5.56 Å². The van der Waals surface area contributed by atoms with Gasteiger partial charge in [-0.1, -0.05) is 43.1 Å². The lowest BCUT2D eigenvalue weighted by molar-refractivity contribution is 0.0179. The van der Waals surface area contributed by atoms with Crippen molar-refractivity contribution in [3.8, 4) is 0 Å². The minimum atomic E-state index is -0.541. The van der Waals surface area contributed by atoms with E-state index >= 15 is 0 Å². The molecular formula is C18H16Cl2N2O2. The molecule has 1 aromatic carbocycles. The van der Waals surface area contributed by atoms with E-state index in [9.17, 15) is 4.79 Å². The molecule has 0 bridgehead atoms. The normalized spacial score (nSPS) is 12.5. The smallest absolute Gasteiger partial charge is 0.339 e. The Morgan fingerprint density at radius 2 is 1.88 bits per heavy atom. The number of ether oxygens (including phenoxy) is 1. The maximum Gasteiger partial charge on any atom is 0.339 e. The maximum absolute atomic E-state index is 12.7. The van der Waals surface area contributed by atoms with Gasteiger partial charge in [-0.15, -0.1) is 0 Å². The molecule has 1 atom stereocenters. The first-order chi connectivity index (χ1) is 11.5. The number of pyridine rings is 1. The standard InChI is InChI=1S/C18H16Cl2N2O2/c1-10(2)16(15-13(19)4-3-5-14(15)20)24-18(23)12-7-9-22-17-11(12)6-8-21-17/h3-10,16H,1-2H3,(H,21,22). The zero-order chi connectivity index (χ0) is 17.3. The van der Waals surface area contributed by atoms with E-state index in [4.69, 9.17) is 27.9 Å². The third kappa shape index (κ3) is 3.12. The van der Waals surface area contributed by atoms with Gasteiger partial charge in [-0.05, 0) is 30.2 Å². The van der Waals surface area contributed by atoms with E-state index in [1.807, 2.05) is 13.8 Å². The van der Waals surface area contributed by atoms with Gasteiger partial charge >= 0.3 is 5.97 Å². The van der Waals surface area contributed by atoms with E-state index in [0.29, 0.717) is 26.8 Å². The summed E-state index contributed by atoms with van der Waals surface area (Å²) in [5.74, 6) is -0.424. The van der Waals surface area contributed by atoms with Crippen LogP contribution in [0.3, 0.4) is 0 Å². The molecule has 0 radical (unpaired) electrons. The van der Waals surface area contributed by atoms with Crippen LogP contribution in [0.5, 0.6) is 0 Å². The first-order valence-electron chi connectivity index (χ1n) is 7.56. The van der Waals surface area contributed by atoms with Crippen molar-refractivity contribution < 1.29 is 9.53 Å². The molecule has 6 heteroatoms. The van der Waals surface area contributed by atoms with Crippen molar-refractivity contribution in [2.75, 3.05) is 0 Å². The van der Waals surface area contributed by atoms with Crippen molar-refractivity contribution in [1.82, 2.24) is 9.97 Å². The van der Waals surface area contributed by atoms with Crippen molar-refractivity contribution in [1.29, 1.82) is 0 Å². The SMILES string of the molecule is CC(C)C(OC(=O)c1ccnc2[nH]ccc12)c1c(Cl)cccc1Cl. The second-order valence-corrected chi connectivity index (χ2v) is 6.62. The van der Waals surface area contributed by atoms with Crippen LogP contribution < -0.4 is 0 Å². The number of aromatic nitrogens is 2. The molecule has 2 heterocycles. The Bertz CT molecular complexity index is 869. The Balaban J connectivity index is 1.97. The Morgan fingerprint density at radius 1 is 1.17 bits per heavy atom. The van der Waals surface area contributed by atoms with Crippen molar-refractivity contribution >= 4 is 40.2 Å². The van der Waals surface area contributed by atoms with Crippen LogP contribution in [0.1, 0.15) is 35.9 Å². The van der Waals surface area contributed by atoms with Crippen LogP contribution in [0.2, 0.25) is 10.0 Å². The van der Waals surface area contributed by atoms with E-state index in [1.54, 1.807) is 42.7 Å². The molecule has 1 unspecified atom stereocenters. The van der Waals surface area contributed by atoms with E-state index in [0.717, 1.165) is 5.39 Å². The van der Waals surface area contributed by atoms with Crippen LogP contribution >= 0.6 is 23.2 Å². The molecule has 124 valence electrons. The fraction of sp³-hybridized carbons (Fsp3) is 0.222. The summed E-state index contributed by atoms with van der Waals surface area (Å²) in [4.78, 5) is 19.9. The minimum Gasteiger partial charge on any atom is -0.453 e. The number of esters is 1. The number of aromatic amines is 1. The van der Waals surface area contributed by atoms with Gasteiger partial charge in [0.2, 0.25) is 0 Å². The Hall–Kier alpha value is -2.04. The second kappa shape index (κ2) is 6.83. The lowest BCUT2D eigenvalue weighted by Crippen LogP contribution is -2.17. The van der Waals surface area contributed by atoms with E-state index < -0.39 is 12.1 Å². The molecule has 0 amide bonds. The van der Waals surface area contributed by atoms with Crippen LogP contribution in [0.4, 0.5) is 0 Å². The minimum absolute atomic E-state index is 0.00917. The lowest BCUT2D eigenvalue weighted by atomic mass is 9.98. The van der Waals surface area contributed by atoms with Gasteiger partial charge in [-0.25, -0.2) is 9.78 Å². The summed E-state index contributed by atoms with van der Waals surface area (Å²) >= 11 is 12.6. The molecule has 0 saturated carbocycles. The number of carbonyl (C=O) groups excluding carboxylic acids is 1. The number of nitrogens with zero attached hydrogens (tertiary/aromatic N) is 1. The molecule has 0 aliphatic rings. The number of H-pyrrole nitrogens is 1. The average Bonchev–Trinajstić information content (AvgIpc) is 3.01. The molecule has 4 nitrogen and oxygen atoms in total. The summed E-state index contributed by atoms with van der Waals surface area (Å²) in [5, 5.41) is 1.68. The van der Waals surface area contributed by atoms with Crippen LogP contribution in [-0.4, -0.2) is 15.9 Å². The fourth-order valence-electron chi connectivity index (χ4n) is 2.63. The molecule has 0 spiro atoms. The third-order valence-corrected chi connectivity index (χ3v) is 4.46. The maximum atomic E-state index is 12.7. The fourth-order valence-corrected chi connectivity index (χ4v) is 3.24. The van der Waals surface area contributed by atoms with Crippen LogP contribution in [0.15, 0.2) is 42.7 Å². The number of carbonyl (C=O) groups is 1. The summed E-state index contributed by atoms with van der Waals surface area (Å²) in [6.07, 6.45) is 2.77. The molecular weight excluding hydrogens is 347 g/mol. The van der Waals surface area contributed by atoms with E-state index in [2.05, 4.69) is 9.97 Å². The molecule has 0 aliphatic carbocycles. The number of hydrogen-bond donors (Lipinski definition) is 1. The van der Waals surface area contributed by atoms with E-state index in [-0.39, 0.29) is 5.92 Å². The summed E-state index contributed by atoms with van der Waals surface area (Å²) < 4.78 is 5.77. The highest BCUT2D eigenvalue weighted by Crippen LogP contribution is 2.37. The summed E-state index contributed by atoms with van der Waals surface area (Å²) in [5.41, 5.74) is 1.72. The average molecular weight is 363 g/mol. The van der Waals surface area contributed by atoms with Crippen LogP contribution in [-0.2, 0) is 4.74 Å². The van der Waals surface area contributed by atoms with Gasteiger partial charge in [0.15, 0.2) is 0 Å². The van der Waals surface area contributed by atoms with Gasteiger partial charge < -0.3 is 9.72 Å². The Kier molecular flexibility index (Phi) is 4.78. The molecule has 3 aromatic rings. The number of halogens is 2. The predicted molar refractivity (Wildman–Crippen MR) is 95.6 cm³/mol. The highest BCUT2D eigenvalue weighted by atomic mass is 35.5. The first kappa shape index (κ1) is 16.8. The van der Waals surface area contributed by atoms with Crippen LogP contribution in [0, 0.1) is 5.92 Å². The monoisotopic (exact) mass is 362 g/mol. The molecule has 0 fully saturated rings. The summed E-state index contributed by atoms with van der Waals surface area (Å²) in [7, 11) is 0. The lowest BCUT2D eigenvalue weighted by Gasteiger charge is -2.24. The molecule has 0 aliphatic heterocycles. The number of fused-ring (bicyclic) bond motifs is 1. The van der Waals surface area contributed by atoms with Gasteiger partial charge in [0.25, 0.3) is 0 Å². The third-order valence-electron chi connectivity index (χ3n) is 3.80. The zero-order valence-corrected chi connectivity index (χ0v) is 14.7.